The topological polar surface area (TPSA) is 109 Å². The van der Waals surface area contributed by atoms with Gasteiger partial charge in [-0.15, -0.1) is 0 Å². The van der Waals surface area contributed by atoms with Crippen LogP contribution in [-0.2, 0) is 10.0 Å². The van der Waals surface area contributed by atoms with Crippen LogP contribution in [0.15, 0.2) is 53.6 Å². The summed E-state index contributed by atoms with van der Waals surface area (Å²) in [7, 11) is -1.86. The van der Waals surface area contributed by atoms with E-state index < -0.39 is 15.8 Å². The van der Waals surface area contributed by atoms with Crippen LogP contribution in [0, 0.1) is 0 Å². The van der Waals surface area contributed by atoms with Crippen molar-refractivity contribution in [3.8, 4) is 11.3 Å². The van der Waals surface area contributed by atoms with E-state index in [9.17, 15) is 13.2 Å². The van der Waals surface area contributed by atoms with Crippen molar-refractivity contribution < 1.29 is 13.2 Å². The van der Waals surface area contributed by atoms with E-state index >= 15 is 0 Å². The molecule has 11 heteroatoms. The van der Waals surface area contributed by atoms with E-state index in [4.69, 9.17) is 28.9 Å². The fraction of sp³-hybridized carbons (Fsp3) is 0.227. The lowest BCUT2D eigenvalue weighted by Gasteiger charge is -2.31. The predicted molar refractivity (Wildman–Crippen MR) is 128 cm³/mol. The molecule has 2 aromatic carbocycles. The van der Waals surface area contributed by atoms with Gasteiger partial charge in [0, 0.05) is 42.3 Å². The number of piperazine rings is 1. The van der Waals surface area contributed by atoms with Crippen LogP contribution in [0.1, 0.15) is 16.1 Å². The lowest BCUT2D eigenvalue weighted by atomic mass is 10.1. The second-order valence-corrected chi connectivity index (χ2v) is 10.4. The zero-order valence-corrected chi connectivity index (χ0v) is 20.0. The molecule has 0 radical (unpaired) electrons. The lowest BCUT2D eigenvalue weighted by molar-refractivity contribution is 0.103. The molecular formula is C22H21Cl2N5O3S. The molecule has 33 heavy (non-hydrogen) atoms. The van der Waals surface area contributed by atoms with E-state index in [1.807, 2.05) is 7.05 Å². The first-order chi connectivity index (χ1) is 15.7. The maximum absolute atomic E-state index is 13.2. The lowest BCUT2D eigenvalue weighted by Crippen LogP contribution is -2.47. The zero-order chi connectivity index (χ0) is 23.8. The Balaban J connectivity index is 1.71. The van der Waals surface area contributed by atoms with Gasteiger partial charge in [-0.05, 0) is 43.4 Å². The Morgan fingerprint density at radius 2 is 1.70 bits per heavy atom. The number of carbonyl (C=O) groups excluding carboxylic acids is 1. The van der Waals surface area contributed by atoms with Crippen LogP contribution < -0.4 is 5.73 Å². The van der Waals surface area contributed by atoms with Crippen molar-refractivity contribution >= 4 is 44.8 Å². The molecule has 0 atom stereocenters. The molecule has 0 unspecified atom stereocenters. The molecule has 2 heterocycles. The number of ketones is 1. The molecule has 3 aromatic rings. The Morgan fingerprint density at radius 1 is 1.03 bits per heavy atom. The van der Waals surface area contributed by atoms with Gasteiger partial charge in [-0.25, -0.2) is 18.4 Å². The van der Waals surface area contributed by atoms with Gasteiger partial charge in [-0.2, -0.15) is 4.31 Å². The van der Waals surface area contributed by atoms with Crippen LogP contribution in [0.2, 0.25) is 10.0 Å². The standard InChI is InChI=1S/C22H21Cl2N5O3S/c1-28-8-10-29(11-9-28)33(31,32)19-12-15(4-7-17(19)24)18-13-26-22(25)20(27-18)21(30)14-2-5-16(23)6-3-14/h2-7,12-13H,8-11H2,1H3,(H2,25,26). The number of anilines is 1. The third-order valence-electron chi connectivity index (χ3n) is 5.43. The summed E-state index contributed by atoms with van der Waals surface area (Å²) in [6.45, 7) is 2.02. The molecular weight excluding hydrogens is 485 g/mol. The van der Waals surface area contributed by atoms with Gasteiger partial charge in [0.15, 0.2) is 11.5 Å². The second kappa shape index (κ2) is 9.36. The molecule has 1 aliphatic rings. The highest BCUT2D eigenvalue weighted by Gasteiger charge is 2.30. The second-order valence-electron chi connectivity index (χ2n) is 7.68. The highest BCUT2D eigenvalue weighted by atomic mass is 35.5. The fourth-order valence-corrected chi connectivity index (χ4v) is 5.52. The van der Waals surface area contributed by atoms with Crippen molar-refractivity contribution in [3.05, 3.63) is 70.0 Å². The Hall–Kier alpha value is -2.56. The Kier molecular flexibility index (Phi) is 6.69. The minimum Gasteiger partial charge on any atom is -0.382 e. The van der Waals surface area contributed by atoms with Gasteiger partial charge in [0.05, 0.1) is 16.9 Å². The number of nitrogens with two attached hydrogens (primary N) is 1. The van der Waals surface area contributed by atoms with Gasteiger partial charge in [0.2, 0.25) is 15.8 Å². The average molecular weight is 506 g/mol. The third kappa shape index (κ3) is 4.87. The van der Waals surface area contributed by atoms with E-state index in [-0.39, 0.29) is 21.4 Å². The number of carbonyl (C=O) groups is 1. The van der Waals surface area contributed by atoms with E-state index in [1.165, 1.54) is 22.6 Å². The van der Waals surface area contributed by atoms with Crippen LogP contribution in [0.3, 0.4) is 0 Å². The van der Waals surface area contributed by atoms with Gasteiger partial charge in [-0.1, -0.05) is 29.3 Å². The van der Waals surface area contributed by atoms with Gasteiger partial charge >= 0.3 is 0 Å². The average Bonchev–Trinajstić information content (AvgIpc) is 2.80. The van der Waals surface area contributed by atoms with Crippen molar-refractivity contribution in [2.75, 3.05) is 39.0 Å². The number of aromatic nitrogens is 2. The quantitative estimate of drug-likeness (QED) is 0.530. The molecule has 0 aliphatic carbocycles. The van der Waals surface area contributed by atoms with Crippen molar-refractivity contribution in [1.82, 2.24) is 19.2 Å². The summed E-state index contributed by atoms with van der Waals surface area (Å²) in [5.74, 6) is -0.448. The van der Waals surface area contributed by atoms with Gasteiger partial charge < -0.3 is 10.6 Å². The predicted octanol–water partition coefficient (Wildman–Crippen LogP) is 3.20. The summed E-state index contributed by atoms with van der Waals surface area (Å²) in [5.41, 5.74) is 6.99. The third-order valence-corrected chi connectivity index (χ3v) is 8.06. The maximum atomic E-state index is 13.2. The first-order valence-corrected chi connectivity index (χ1v) is 12.3. The summed E-state index contributed by atoms with van der Waals surface area (Å²) in [4.78, 5) is 23.5. The number of nitrogens with zero attached hydrogens (tertiary/aromatic N) is 4. The maximum Gasteiger partial charge on any atom is 0.244 e. The first kappa shape index (κ1) is 23.6. The smallest absolute Gasteiger partial charge is 0.244 e. The molecule has 8 nitrogen and oxygen atoms in total. The SMILES string of the molecule is CN1CCN(S(=O)(=O)c2cc(-c3cnc(N)c(C(=O)c4ccc(Cl)cc4)n3)ccc2Cl)CC1. The Morgan fingerprint density at radius 3 is 2.36 bits per heavy atom. The van der Waals surface area contributed by atoms with Gasteiger partial charge in [-0.3, -0.25) is 4.79 Å². The van der Waals surface area contributed by atoms with Crippen molar-refractivity contribution in [3.63, 3.8) is 0 Å². The summed E-state index contributed by atoms with van der Waals surface area (Å²) in [6.07, 6.45) is 1.39. The summed E-state index contributed by atoms with van der Waals surface area (Å²) in [6, 6.07) is 10.9. The molecule has 1 aromatic heterocycles. The minimum atomic E-state index is -3.81. The summed E-state index contributed by atoms with van der Waals surface area (Å²) < 4.78 is 27.9. The number of nitrogen functional groups attached to an aromatic ring is 1. The molecule has 2 N–H and O–H groups in total. The van der Waals surface area contributed by atoms with Gasteiger partial charge in [0.25, 0.3) is 0 Å². The molecule has 0 saturated carbocycles. The summed E-state index contributed by atoms with van der Waals surface area (Å²) >= 11 is 12.2. The number of halogens is 2. The molecule has 172 valence electrons. The number of hydrogen-bond donors (Lipinski definition) is 1. The van der Waals surface area contributed by atoms with Gasteiger partial charge in [0.1, 0.15) is 4.90 Å². The van der Waals surface area contributed by atoms with Crippen LogP contribution in [0.4, 0.5) is 5.82 Å². The van der Waals surface area contributed by atoms with Crippen molar-refractivity contribution in [2.45, 2.75) is 4.90 Å². The van der Waals surface area contributed by atoms with E-state index in [0.29, 0.717) is 48.0 Å². The molecule has 4 rings (SSSR count). The zero-order valence-electron chi connectivity index (χ0n) is 17.7. The largest absolute Gasteiger partial charge is 0.382 e. The van der Waals surface area contributed by atoms with Crippen LogP contribution in [0.5, 0.6) is 0 Å². The number of rotatable bonds is 5. The Bertz CT molecular complexity index is 1310. The number of hydrogen-bond acceptors (Lipinski definition) is 7. The van der Waals surface area contributed by atoms with E-state index in [2.05, 4.69) is 14.9 Å². The van der Waals surface area contributed by atoms with Crippen LogP contribution in [0.25, 0.3) is 11.3 Å². The van der Waals surface area contributed by atoms with E-state index in [0.717, 1.165) is 0 Å². The summed E-state index contributed by atoms with van der Waals surface area (Å²) in [5, 5.41) is 0.605. The first-order valence-electron chi connectivity index (χ1n) is 10.1. The normalized spacial score (nSPS) is 15.5. The number of likely N-dealkylation sites (N-methyl/N-ethyl adjacent to an activating group) is 1. The van der Waals surface area contributed by atoms with Crippen molar-refractivity contribution in [1.29, 1.82) is 0 Å². The van der Waals surface area contributed by atoms with E-state index in [1.54, 1.807) is 30.3 Å². The highest BCUT2D eigenvalue weighted by Crippen LogP contribution is 2.30. The molecule has 1 fully saturated rings. The van der Waals surface area contributed by atoms with Crippen molar-refractivity contribution in [2.24, 2.45) is 0 Å². The molecule has 0 bridgehead atoms. The number of benzene rings is 2. The highest BCUT2D eigenvalue weighted by molar-refractivity contribution is 7.89. The van der Waals surface area contributed by atoms with Crippen LogP contribution in [-0.4, -0.2) is 66.6 Å². The fourth-order valence-electron chi connectivity index (χ4n) is 3.47. The van der Waals surface area contributed by atoms with Crippen LogP contribution >= 0.6 is 23.2 Å². The molecule has 1 saturated heterocycles. The molecule has 0 amide bonds. The molecule has 1 aliphatic heterocycles. The number of sulfonamides is 1. The minimum absolute atomic E-state index is 0.0181. The Labute approximate surface area is 202 Å². The molecule has 0 spiro atoms. The monoisotopic (exact) mass is 505 g/mol.